The van der Waals surface area contributed by atoms with Crippen LogP contribution >= 0.6 is 22.6 Å². The van der Waals surface area contributed by atoms with E-state index >= 15 is 0 Å². The van der Waals surface area contributed by atoms with Gasteiger partial charge in [-0.05, 0) is 0 Å². The van der Waals surface area contributed by atoms with Crippen molar-refractivity contribution in [2.24, 2.45) is 0 Å². The molecule has 1 unspecified atom stereocenters. The highest BCUT2D eigenvalue weighted by molar-refractivity contribution is 14.1. The summed E-state index contributed by atoms with van der Waals surface area (Å²) in [4.78, 5) is 12.7. The molecule has 1 aliphatic heterocycles. The average Bonchev–Trinajstić information content (AvgIpc) is 3.08. The molecule has 0 spiro atoms. The van der Waals surface area contributed by atoms with E-state index < -0.39 is 24.5 Å². The molecule has 3 N–H and O–H groups in total. The van der Waals surface area contributed by atoms with Gasteiger partial charge in [0, 0.05) is 11.0 Å². The molecule has 0 amide bonds. The van der Waals surface area contributed by atoms with Gasteiger partial charge in [-0.15, -0.1) is 6.58 Å². The maximum atomic E-state index is 10.2. The lowest BCUT2D eigenvalue weighted by atomic mass is 10.1. The van der Waals surface area contributed by atoms with Crippen molar-refractivity contribution in [3.63, 3.8) is 0 Å². The smallest absolute Gasteiger partial charge is 0.167 e. The first kappa shape index (κ1) is 15.6. The van der Waals surface area contributed by atoms with Crippen LogP contribution in [0.1, 0.15) is 6.23 Å². The van der Waals surface area contributed by atoms with Crippen LogP contribution in [-0.4, -0.2) is 59.0 Å². The molecule has 4 atom stereocenters. The minimum absolute atomic E-state index is 0.418. The van der Waals surface area contributed by atoms with Crippen molar-refractivity contribution in [2.75, 3.05) is 16.3 Å². The van der Waals surface area contributed by atoms with Gasteiger partial charge in [-0.1, -0.05) is 28.7 Å². The Morgan fingerprint density at radius 3 is 2.86 bits per heavy atom. The topological polar surface area (TPSA) is 105 Å². The van der Waals surface area contributed by atoms with E-state index in [1.54, 1.807) is 10.6 Å². The van der Waals surface area contributed by atoms with Crippen LogP contribution in [0.4, 0.5) is 5.82 Å². The number of aromatic nitrogens is 4. The highest BCUT2D eigenvalue weighted by Gasteiger charge is 2.43. The van der Waals surface area contributed by atoms with Crippen LogP contribution in [0.5, 0.6) is 0 Å². The fourth-order valence-corrected chi connectivity index (χ4v) is 3.15. The number of fused-ring (bicyclic) bond motifs is 1. The van der Waals surface area contributed by atoms with E-state index in [9.17, 15) is 10.2 Å². The highest BCUT2D eigenvalue weighted by Crippen LogP contribution is 2.32. The van der Waals surface area contributed by atoms with Crippen LogP contribution in [-0.2, 0) is 4.74 Å². The van der Waals surface area contributed by atoms with E-state index in [0.29, 0.717) is 28.0 Å². The molecule has 8 nitrogen and oxygen atoms in total. The van der Waals surface area contributed by atoms with E-state index in [4.69, 9.17) is 4.74 Å². The molecular formula is C13H16IN5O3. The zero-order chi connectivity index (χ0) is 15.7. The summed E-state index contributed by atoms with van der Waals surface area (Å²) in [5, 5.41) is 23.3. The minimum atomic E-state index is -1.03. The maximum Gasteiger partial charge on any atom is 0.167 e. The van der Waals surface area contributed by atoms with Crippen molar-refractivity contribution >= 4 is 39.6 Å². The number of nitrogens with zero attached hydrogens (tertiary/aromatic N) is 4. The summed E-state index contributed by atoms with van der Waals surface area (Å²) in [6.07, 6.45) is 1.57. The summed E-state index contributed by atoms with van der Waals surface area (Å²) >= 11 is 2.12. The third kappa shape index (κ3) is 2.57. The Bertz CT molecular complexity index is 679. The van der Waals surface area contributed by atoms with Crippen molar-refractivity contribution in [1.82, 2.24) is 19.5 Å². The van der Waals surface area contributed by atoms with Gasteiger partial charge in [-0.25, -0.2) is 15.0 Å². The SMILES string of the molecule is C=CCNc1ncnc2c1ncn2[C@@H]1O[C@H](CI)C(O)[C@@H]1O. The Morgan fingerprint density at radius 2 is 2.18 bits per heavy atom. The number of halogens is 1. The van der Waals surface area contributed by atoms with Crippen molar-refractivity contribution in [3.05, 3.63) is 25.3 Å². The van der Waals surface area contributed by atoms with Crippen LogP contribution < -0.4 is 5.32 Å². The van der Waals surface area contributed by atoms with Gasteiger partial charge in [-0.2, -0.15) is 0 Å². The Hall–Kier alpha value is -1.30. The molecule has 2 aromatic heterocycles. The molecule has 0 radical (unpaired) electrons. The fourth-order valence-electron chi connectivity index (χ4n) is 2.42. The Kier molecular flexibility index (Phi) is 4.57. The molecule has 9 heteroatoms. The first-order valence-corrected chi connectivity index (χ1v) is 8.29. The van der Waals surface area contributed by atoms with Crippen molar-refractivity contribution in [3.8, 4) is 0 Å². The molecule has 3 rings (SSSR count). The first-order chi connectivity index (χ1) is 10.7. The van der Waals surface area contributed by atoms with E-state index in [1.165, 1.54) is 12.7 Å². The Morgan fingerprint density at radius 1 is 1.36 bits per heavy atom. The second kappa shape index (κ2) is 6.44. The molecule has 1 aliphatic rings. The van der Waals surface area contributed by atoms with E-state index in [1.807, 2.05) is 0 Å². The molecule has 1 saturated heterocycles. The standard InChI is InChI=1S/C13H16IN5O3/c1-2-3-15-11-8-12(17-5-16-11)19(6-18-8)13-10(21)9(20)7(4-14)22-13/h2,5-7,9-10,13,20-21H,1,3-4H2,(H,15,16,17)/t7-,9?,10+,13-/m1/s1. The van der Waals surface area contributed by atoms with Crippen molar-refractivity contribution in [2.45, 2.75) is 24.5 Å². The second-order valence-corrected chi connectivity index (χ2v) is 5.80. The van der Waals surface area contributed by atoms with Gasteiger partial charge in [0.1, 0.15) is 18.5 Å². The number of alkyl halides is 1. The molecule has 0 aromatic carbocycles. The van der Waals surface area contributed by atoms with Gasteiger partial charge in [0.05, 0.1) is 12.4 Å². The summed E-state index contributed by atoms with van der Waals surface area (Å²) in [7, 11) is 0. The average molecular weight is 417 g/mol. The van der Waals surface area contributed by atoms with Gasteiger partial charge in [0.25, 0.3) is 0 Å². The number of aliphatic hydroxyl groups excluding tert-OH is 2. The van der Waals surface area contributed by atoms with Crippen LogP contribution in [0.3, 0.4) is 0 Å². The number of anilines is 1. The maximum absolute atomic E-state index is 10.2. The third-order valence-electron chi connectivity index (χ3n) is 3.54. The van der Waals surface area contributed by atoms with E-state index in [-0.39, 0.29) is 0 Å². The number of ether oxygens (including phenoxy) is 1. The number of hydrogen-bond donors (Lipinski definition) is 3. The lowest BCUT2D eigenvalue weighted by Crippen LogP contribution is -2.32. The third-order valence-corrected chi connectivity index (χ3v) is 4.40. The summed E-state index contributed by atoms with van der Waals surface area (Å²) in [5.41, 5.74) is 1.11. The number of imidazole rings is 1. The lowest BCUT2D eigenvalue weighted by molar-refractivity contribution is -0.0283. The largest absolute Gasteiger partial charge is 0.387 e. The van der Waals surface area contributed by atoms with Crippen LogP contribution in [0.25, 0.3) is 11.2 Å². The summed E-state index contributed by atoms with van der Waals surface area (Å²) in [6, 6.07) is 0. The van der Waals surface area contributed by atoms with Crippen molar-refractivity contribution < 1.29 is 14.9 Å². The van der Waals surface area contributed by atoms with Crippen molar-refractivity contribution in [1.29, 1.82) is 0 Å². The second-order valence-electron chi connectivity index (χ2n) is 4.92. The van der Waals surface area contributed by atoms with Gasteiger partial charge in [0.2, 0.25) is 0 Å². The number of nitrogens with one attached hydrogen (secondary N) is 1. The Labute approximate surface area is 140 Å². The Balaban J connectivity index is 1.97. The number of hydrogen-bond acceptors (Lipinski definition) is 7. The normalized spacial score (nSPS) is 28.1. The summed E-state index contributed by atoms with van der Waals surface area (Å²) in [5.74, 6) is 0.585. The minimum Gasteiger partial charge on any atom is -0.387 e. The van der Waals surface area contributed by atoms with E-state index in [0.717, 1.165) is 0 Å². The molecule has 1 fully saturated rings. The predicted octanol–water partition coefficient (Wildman–Crippen LogP) is 0.478. The quantitative estimate of drug-likeness (QED) is 0.369. The fraction of sp³-hybridized carbons (Fsp3) is 0.462. The predicted molar refractivity (Wildman–Crippen MR) is 88.8 cm³/mol. The van der Waals surface area contributed by atoms with Gasteiger partial charge < -0.3 is 20.3 Å². The molecule has 0 saturated carbocycles. The molecule has 3 heterocycles. The van der Waals surface area contributed by atoms with Crippen LogP contribution in [0, 0.1) is 0 Å². The van der Waals surface area contributed by atoms with Gasteiger partial charge in [0.15, 0.2) is 23.2 Å². The molecule has 22 heavy (non-hydrogen) atoms. The zero-order valence-corrected chi connectivity index (χ0v) is 13.8. The van der Waals surface area contributed by atoms with Gasteiger partial charge >= 0.3 is 0 Å². The number of rotatable bonds is 5. The van der Waals surface area contributed by atoms with Crippen LogP contribution in [0.15, 0.2) is 25.3 Å². The highest BCUT2D eigenvalue weighted by atomic mass is 127. The van der Waals surface area contributed by atoms with Crippen LogP contribution in [0.2, 0.25) is 0 Å². The number of aliphatic hydroxyl groups is 2. The van der Waals surface area contributed by atoms with Gasteiger partial charge in [-0.3, -0.25) is 4.57 Å². The first-order valence-electron chi connectivity index (χ1n) is 6.77. The molecule has 0 aliphatic carbocycles. The molecular weight excluding hydrogens is 401 g/mol. The molecule has 0 bridgehead atoms. The zero-order valence-electron chi connectivity index (χ0n) is 11.6. The van der Waals surface area contributed by atoms with E-state index in [2.05, 4.69) is 49.4 Å². The molecule has 2 aromatic rings. The lowest BCUT2D eigenvalue weighted by Gasteiger charge is -2.16. The summed E-state index contributed by atoms with van der Waals surface area (Å²) < 4.78 is 7.93. The summed E-state index contributed by atoms with van der Waals surface area (Å²) in [6.45, 7) is 4.20. The monoisotopic (exact) mass is 417 g/mol. The molecule has 118 valence electrons.